The summed E-state index contributed by atoms with van der Waals surface area (Å²) >= 11 is 0. The minimum atomic E-state index is -0.231. The molecule has 2 aliphatic rings. The van der Waals surface area contributed by atoms with Crippen LogP contribution < -0.4 is 5.32 Å². The van der Waals surface area contributed by atoms with E-state index in [-0.39, 0.29) is 29.0 Å². The van der Waals surface area contributed by atoms with E-state index in [1.807, 2.05) is 24.0 Å². The van der Waals surface area contributed by atoms with Crippen LogP contribution in [0.1, 0.15) is 51.0 Å². The smallest absolute Gasteiger partial charge is 0.224 e. The molecule has 1 heterocycles. The standard InChI is InChI=1S/C20H27FN2O2/c1-2-18(24)23-12-3-5-15(13-23)19(25)22-14-20(10-4-11-20)16-6-8-17(21)9-7-16/h6-9,15H,2-5,10-14H2,1H3,(H,22,25)/t15-/m1/s1. The Kier molecular flexibility index (Phi) is 5.40. The summed E-state index contributed by atoms with van der Waals surface area (Å²) in [5.41, 5.74) is 1.05. The van der Waals surface area contributed by atoms with Crippen LogP contribution in [0.15, 0.2) is 24.3 Å². The minimum absolute atomic E-state index is 0.0435. The van der Waals surface area contributed by atoms with Crippen LogP contribution in [0.2, 0.25) is 0 Å². The van der Waals surface area contributed by atoms with E-state index in [9.17, 15) is 14.0 Å². The predicted molar refractivity (Wildman–Crippen MR) is 94.5 cm³/mol. The van der Waals surface area contributed by atoms with Gasteiger partial charge in [0.05, 0.1) is 5.92 Å². The molecule has 136 valence electrons. The summed E-state index contributed by atoms with van der Waals surface area (Å²) in [6, 6.07) is 6.66. The molecule has 1 N–H and O–H groups in total. The van der Waals surface area contributed by atoms with Crippen LogP contribution in [0, 0.1) is 11.7 Å². The fourth-order valence-electron chi connectivity index (χ4n) is 4.02. The van der Waals surface area contributed by atoms with Crippen molar-refractivity contribution in [2.45, 2.75) is 50.9 Å². The molecule has 3 rings (SSSR count). The molecule has 2 amide bonds. The van der Waals surface area contributed by atoms with E-state index in [1.54, 1.807) is 0 Å². The molecule has 1 aliphatic carbocycles. The molecule has 5 heteroatoms. The maximum absolute atomic E-state index is 13.2. The zero-order chi connectivity index (χ0) is 17.9. The molecule has 1 saturated carbocycles. The van der Waals surface area contributed by atoms with Gasteiger partial charge in [-0.05, 0) is 43.4 Å². The lowest BCUT2D eigenvalue weighted by atomic mass is 9.64. The summed E-state index contributed by atoms with van der Waals surface area (Å²) in [5.74, 6) is -0.180. The Balaban J connectivity index is 1.59. The highest BCUT2D eigenvalue weighted by Crippen LogP contribution is 2.43. The molecule has 1 aromatic rings. The molecule has 0 bridgehead atoms. The Morgan fingerprint density at radius 2 is 1.96 bits per heavy atom. The number of piperidine rings is 1. The fourth-order valence-corrected chi connectivity index (χ4v) is 4.02. The lowest BCUT2D eigenvalue weighted by molar-refractivity contribution is -0.135. The predicted octanol–water partition coefficient (Wildman–Crippen LogP) is 3.01. The average Bonchev–Trinajstić information content (AvgIpc) is 2.61. The van der Waals surface area contributed by atoms with Gasteiger partial charge in [-0.2, -0.15) is 0 Å². The van der Waals surface area contributed by atoms with Crippen LogP contribution >= 0.6 is 0 Å². The molecule has 1 aromatic carbocycles. The molecule has 1 aliphatic heterocycles. The molecule has 1 atom stereocenters. The summed E-state index contributed by atoms with van der Waals surface area (Å²) in [6.07, 6.45) is 5.38. The van der Waals surface area contributed by atoms with Crippen LogP contribution in [0.4, 0.5) is 4.39 Å². The fraction of sp³-hybridized carbons (Fsp3) is 0.600. The number of nitrogens with zero attached hydrogens (tertiary/aromatic N) is 1. The minimum Gasteiger partial charge on any atom is -0.355 e. The molecule has 0 aromatic heterocycles. The first kappa shape index (κ1) is 17.9. The molecule has 0 unspecified atom stereocenters. The van der Waals surface area contributed by atoms with Crippen LogP contribution in [-0.2, 0) is 15.0 Å². The zero-order valence-corrected chi connectivity index (χ0v) is 14.9. The number of hydrogen-bond donors (Lipinski definition) is 1. The summed E-state index contributed by atoms with van der Waals surface area (Å²) in [6.45, 7) is 3.74. The van der Waals surface area contributed by atoms with Crippen molar-refractivity contribution < 1.29 is 14.0 Å². The molecule has 2 fully saturated rings. The van der Waals surface area contributed by atoms with Crippen molar-refractivity contribution in [1.29, 1.82) is 0 Å². The lowest BCUT2D eigenvalue weighted by Crippen LogP contribution is -2.50. The van der Waals surface area contributed by atoms with Crippen LogP contribution in [0.3, 0.4) is 0 Å². The van der Waals surface area contributed by atoms with Gasteiger partial charge in [-0.15, -0.1) is 0 Å². The Morgan fingerprint density at radius 1 is 1.24 bits per heavy atom. The lowest BCUT2D eigenvalue weighted by Gasteiger charge is -2.43. The van der Waals surface area contributed by atoms with Gasteiger partial charge in [-0.1, -0.05) is 25.5 Å². The van der Waals surface area contributed by atoms with Crippen molar-refractivity contribution in [2.24, 2.45) is 5.92 Å². The quantitative estimate of drug-likeness (QED) is 0.891. The van der Waals surface area contributed by atoms with Crippen LogP contribution in [0.25, 0.3) is 0 Å². The number of benzene rings is 1. The van der Waals surface area contributed by atoms with Gasteiger partial charge in [-0.3, -0.25) is 9.59 Å². The van der Waals surface area contributed by atoms with Crippen LogP contribution in [-0.4, -0.2) is 36.3 Å². The number of carbonyl (C=O) groups is 2. The van der Waals surface area contributed by atoms with E-state index >= 15 is 0 Å². The average molecular weight is 346 g/mol. The Labute approximate surface area is 148 Å². The van der Waals surface area contributed by atoms with Gasteiger partial charge in [0.15, 0.2) is 0 Å². The normalized spacial score (nSPS) is 22.2. The highest BCUT2D eigenvalue weighted by molar-refractivity contribution is 5.81. The molecular formula is C20H27FN2O2. The Hall–Kier alpha value is -1.91. The topological polar surface area (TPSA) is 49.4 Å². The van der Waals surface area contributed by atoms with Gasteiger partial charge < -0.3 is 10.2 Å². The second kappa shape index (κ2) is 7.54. The van der Waals surface area contributed by atoms with Crippen molar-refractivity contribution in [3.8, 4) is 0 Å². The van der Waals surface area contributed by atoms with Gasteiger partial charge in [0.1, 0.15) is 5.82 Å². The first-order valence-electron chi connectivity index (χ1n) is 9.35. The number of carbonyl (C=O) groups excluding carboxylic acids is 2. The van der Waals surface area contributed by atoms with E-state index in [0.29, 0.717) is 19.5 Å². The van der Waals surface area contributed by atoms with Gasteiger partial charge in [0.25, 0.3) is 0 Å². The number of amides is 2. The number of halogens is 1. The number of likely N-dealkylation sites (tertiary alicyclic amines) is 1. The molecule has 25 heavy (non-hydrogen) atoms. The molecule has 1 saturated heterocycles. The Morgan fingerprint density at radius 3 is 2.56 bits per heavy atom. The SMILES string of the molecule is CCC(=O)N1CCC[C@@H](C(=O)NCC2(c3ccc(F)cc3)CCC2)C1. The first-order chi connectivity index (χ1) is 12.0. The van der Waals surface area contributed by atoms with E-state index in [0.717, 1.165) is 44.2 Å². The number of nitrogens with one attached hydrogen (secondary N) is 1. The van der Waals surface area contributed by atoms with Gasteiger partial charge >= 0.3 is 0 Å². The number of rotatable bonds is 5. The second-order valence-electron chi connectivity index (χ2n) is 7.39. The third-order valence-electron chi connectivity index (χ3n) is 5.82. The largest absolute Gasteiger partial charge is 0.355 e. The van der Waals surface area contributed by atoms with Crippen molar-refractivity contribution in [1.82, 2.24) is 10.2 Å². The Bertz CT molecular complexity index is 625. The molecule has 0 radical (unpaired) electrons. The van der Waals surface area contributed by atoms with E-state index in [2.05, 4.69) is 5.32 Å². The summed E-state index contributed by atoms with van der Waals surface area (Å²) < 4.78 is 13.2. The van der Waals surface area contributed by atoms with Gasteiger partial charge in [0.2, 0.25) is 11.8 Å². The van der Waals surface area contributed by atoms with Gasteiger partial charge in [-0.25, -0.2) is 4.39 Å². The molecular weight excluding hydrogens is 319 g/mol. The summed E-state index contributed by atoms with van der Waals surface area (Å²) in [5, 5.41) is 3.12. The maximum atomic E-state index is 13.2. The number of hydrogen-bond acceptors (Lipinski definition) is 2. The van der Waals surface area contributed by atoms with Crippen LogP contribution in [0.5, 0.6) is 0 Å². The van der Waals surface area contributed by atoms with Crippen molar-refractivity contribution >= 4 is 11.8 Å². The zero-order valence-electron chi connectivity index (χ0n) is 14.9. The molecule has 0 spiro atoms. The van der Waals surface area contributed by atoms with Crippen molar-refractivity contribution in [3.63, 3.8) is 0 Å². The second-order valence-corrected chi connectivity index (χ2v) is 7.39. The highest BCUT2D eigenvalue weighted by atomic mass is 19.1. The van der Waals surface area contributed by atoms with E-state index in [4.69, 9.17) is 0 Å². The summed E-state index contributed by atoms with van der Waals surface area (Å²) in [7, 11) is 0. The highest BCUT2D eigenvalue weighted by Gasteiger charge is 2.39. The third-order valence-corrected chi connectivity index (χ3v) is 5.82. The first-order valence-corrected chi connectivity index (χ1v) is 9.35. The van der Waals surface area contributed by atoms with Crippen molar-refractivity contribution in [2.75, 3.05) is 19.6 Å². The van der Waals surface area contributed by atoms with E-state index in [1.165, 1.54) is 12.1 Å². The van der Waals surface area contributed by atoms with Crippen molar-refractivity contribution in [3.05, 3.63) is 35.6 Å². The molecule has 4 nitrogen and oxygen atoms in total. The third kappa shape index (κ3) is 3.86. The maximum Gasteiger partial charge on any atom is 0.224 e. The van der Waals surface area contributed by atoms with E-state index < -0.39 is 0 Å². The monoisotopic (exact) mass is 346 g/mol. The summed E-state index contributed by atoms with van der Waals surface area (Å²) in [4.78, 5) is 26.3. The van der Waals surface area contributed by atoms with Gasteiger partial charge in [0, 0.05) is 31.5 Å².